The van der Waals surface area contributed by atoms with E-state index in [0.29, 0.717) is 12.6 Å². The predicted octanol–water partition coefficient (Wildman–Crippen LogP) is 3.59. The lowest BCUT2D eigenvalue weighted by atomic mass is 9.90. The zero-order valence-electron chi connectivity index (χ0n) is 14.0. The number of hydrogen-bond acceptors (Lipinski definition) is 2. The molecule has 118 valence electrons. The molecule has 0 bridgehead atoms. The largest absolute Gasteiger partial charge is 0.312 e. The lowest BCUT2D eigenvalue weighted by Gasteiger charge is -2.25. The molecule has 0 spiro atoms. The zero-order valence-corrected chi connectivity index (χ0v) is 14.0. The van der Waals surface area contributed by atoms with Crippen molar-refractivity contribution in [1.29, 1.82) is 0 Å². The van der Waals surface area contributed by atoms with Crippen LogP contribution in [0.5, 0.6) is 0 Å². The summed E-state index contributed by atoms with van der Waals surface area (Å²) in [6.45, 7) is 10.2. The quantitative estimate of drug-likeness (QED) is 0.899. The number of rotatable bonds is 5. The highest BCUT2D eigenvalue weighted by Crippen LogP contribution is 2.22. The van der Waals surface area contributed by atoms with Crippen LogP contribution in [0.4, 0.5) is 0 Å². The van der Waals surface area contributed by atoms with Crippen LogP contribution in [0.25, 0.3) is 0 Å². The Balaban J connectivity index is 2.22. The van der Waals surface area contributed by atoms with Gasteiger partial charge >= 0.3 is 0 Å². The zero-order chi connectivity index (χ0) is 15.5. The Morgan fingerprint density at radius 1 is 1.24 bits per heavy atom. The molecule has 1 saturated carbocycles. The Hall–Kier alpha value is -1.09. The predicted molar refractivity (Wildman–Crippen MR) is 88.8 cm³/mol. The molecule has 1 fully saturated rings. The summed E-state index contributed by atoms with van der Waals surface area (Å²) in [6, 6.07) is 4.77. The third-order valence-electron chi connectivity index (χ3n) is 4.41. The number of nitrogens with one attached hydrogen (secondary N) is 1. The lowest BCUT2D eigenvalue weighted by Crippen LogP contribution is -2.34. The number of hydrogen-bond donors (Lipinski definition) is 1. The number of nitrogens with zero attached hydrogens (tertiary/aromatic N) is 1. The molecular formula is C18H30N2O. The van der Waals surface area contributed by atoms with Gasteiger partial charge in [-0.3, -0.25) is 4.79 Å². The lowest BCUT2D eigenvalue weighted by molar-refractivity contribution is 0.486. The first kappa shape index (κ1) is 16.3. The van der Waals surface area contributed by atoms with Gasteiger partial charge in [0.05, 0.1) is 0 Å². The van der Waals surface area contributed by atoms with Crippen molar-refractivity contribution in [3.8, 4) is 0 Å². The monoisotopic (exact) mass is 290 g/mol. The van der Waals surface area contributed by atoms with Crippen molar-refractivity contribution in [2.75, 3.05) is 0 Å². The van der Waals surface area contributed by atoms with Crippen molar-refractivity contribution in [1.82, 2.24) is 9.88 Å². The minimum absolute atomic E-state index is 0.00570. The smallest absolute Gasteiger partial charge is 0.255 e. The average molecular weight is 290 g/mol. The molecule has 1 aliphatic carbocycles. The number of pyridine rings is 1. The van der Waals surface area contributed by atoms with Gasteiger partial charge in [0.15, 0.2) is 0 Å². The third kappa shape index (κ3) is 3.97. The Bertz CT molecular complexity index is 519. The summed E-state index contributed by atoms with van der Waals surface area (Å²) in [5.41, 5.74) is 2.24. The second kappa shape index (κ2) is 6.78. The van der Waals surface area contributed by atoms with Gasteiger partial charge in [0.2, 0.25) is 0 Å². The molecule has 0 amide bonds. The molecule has 1 aromatic heterocycles. The van der Waals surface area contributed by atoms with Crippen molar-refractivity contribution in [2.24, 2.45) is 0 Å². The molecule has 1 aromatic rings. The van der Waals surface area contributed by atoms with Crippen LogP contribution in [0.3, 0.4) is 0 Å². The highest BCUT2D eigenvalue weighted by molar-refractivity contribution is 5.21. The molecule has 1 N–H and O–H groups in total. The van der Waals surface area contributed by atoms with E-state index in [-0.39, 0.29) is 11.0 Å². The van der Waals surface area contributed by atoms with E-state index in [2.05, 4.69) is 39.1 Å². The molecule has 0 saturated heterocycles. The maximum Gasteiger partial charge on any atom is 0.255 e. The maximum absolute atomic E-state index is 12.8. The van der Waals surface area contributed by atoms with Crippen molar-refractivity contribution in [2.45, 2.75) is 84.3 Å². The molecule has 0 aliphatic heterocycles. The van der Waals surface area contributed by atoms with Crippen LogP contribution in [-0.4, -0.2) is 10.6 Å². The summed E-state index contributed by atoms with van der Waals surface area (Å²) in [5, 5.41) is 3.55. The fourth-order valence-electron chi connectivity index (χ4n) is 3.24. The maximum atomic E-state index is 12.8. The highest BCUT2D eigenvalue weighted by Gasteiger charge is 2.20. The normalized spacial score (nSPS) is 16.6. The van der Waals surface area contributed by atoms with Gasteiger partial charge in [-0.05, 0) is 25.3 Å². The molecule has 2 rings (SSSR count). The molecular weight excluding hydrogens is 260 g/mol. The summed E-state index contributed by atoms with van der Waals surface area (Å²) in [7, 11) is 0. The molecule has 0 unspecified atom stereocenters. The molecule has 0 atom stereocenters. The van der Waals surface area contributed by atoms with Gasteiger partial charge in [0.1, 0.15) is 0 Å². The van der Waals surface area contributed by atoms with E-state index in [9.17, 15) is 4.79 Å². The van der Waals surface area contributed by atoms with Crippen molar-refractivity contribution in [3.05, 3.63) is 33.7 Å². The van der Waals surface area contributed by atoms with Crippen LogP contribution < -0.4 is 10.9 Å². The van der Waals surface area contributed by atoms with Crippen LogP contribution in [0.2, 0.25) is 0 Å². The fourth-order valence-corrected chi connectivity index (χ4v) is 3.24. The molecule has 0 radical (unpaired) electrons. The molecule has 21 heavy (non-hydrogen) atoms. The van der Waals surface area contributed by atoms with Crippen LogP contribution >= 0.6 is 0 Å². The van der Waals surface area contributed by atoms with Gasteiger partial charge in [0.25, 0.3) is 5.56 Å². The van der Waals surface area contributed by atoms with Gasteiger partial charge in [-0.2, -0.15) is 0 Å². The SMILES string of the molecule is CCCn1c(C(C)(C)C)ccc(CNC2CCCC2)c1=O. The number of aromatic nitrogens is 1. The second-order valence-corrected chi connectivity index (χ2v) is 7.31. The van der Waals surface area contributed by atoms with E-state index < -0.39 is 0 Å². The Kier molecular flexibility index (Phi) is 5.26. The van der Waals surface area contributed by atoms with E-state index in [4.69, 9.17) is 0 Å². The topological polar surface area (TPSA) is 34.0 Å². The van der Waals surface area contributed by atoms with E-state index >= 15 is 0 Å². The molecule has 3 heteroatoms. The van der Waals surface area contributed by atoms with Crippen LogP contribution in [0, 0.1) is 0 Å². The molecule has 1 aliphatic rings. The summed E-state index contributed by atoms with van der Waals surface area (Å²) < 4.78 is 1.98. The Morgan fingerprint density at radius 3 is 2.48 bits per heavy atom. The first-order chi connectivity index (χ1) is 9.93. The third-order valence-corrected chi connectivity index (χ3v) is 4.41. The van der Waals surface area contributed by atoms with Gasteiger partial charge < -0.3 is 9.88 Å². The first-order valence-corrected chi connectivity index (χ1v) is 8.40. The van der Waals surface area contributed by atoms with Crippen LogP contribution in [-0.2, 0) is 18.5 Å². The highest BCUT2D eigenvalue weighted by atomic mass is 16.1. The Labute approximate surface area is 128 Å². The van der Waals surface area contributed by atoms with Gasteiger partial charge in [0, 0.05) is 35.8 Å². The van der Waals surface area contributed by atoms with Crippen molar-refractivity contribution < 1.29 is 0 Å². The average Bonchev–Trinajstić information content (AvgIpc) is 2.91. The fraction of sp³-hybridized carbons (Fsp3) is 0.722. The van der Waals surface area contributed by atoms with Gasteiger partial charge in [-0.25, -0.2) is 0 Å². The van der Waals surface area contributed by atoms with Crippen LogP contribution in [0.1, 0.15) is 71.1 Å². The van der Waals surface area contributed by atoms with Crippen LogP contribution in [0.15, 0.2) is 16.9 Å². The van der Waals surface area contributed by atoms with Gasteiger partial charge in [-0.1, -0.05) is 46.6 Å². The van der Waals surface area contributed by atoms with E-state index in [1.165, 1.54) is 25.7 Å². The summed E-state index contributed by atoms with van der Waals surface area (Å²) in [4.78, 5) is 12.8. The van der Waals surface area contributed by atoms with E-state index in [1.807, 2.05) is 10.6 Å². The minimum atomic E-state index is 0.00570. The van der Waals surface area contributed by atoms with Crippen molar-refractivity contribution >= 4 is 0 Å². The molecule has 3 nitrogen and oxygen atoms in total. The van der Waals surface area contributed by atoms with E-state index in [0.717, 1.165) is 24.2 Å². The summed E-state index contributed by atoms with van der Waals surface area (Å²) in [6.07, 6.45) is 6.14. The van der Waals surface area contributed by atoms with Gasteiger partial charge in [-0.15, -0.1) is 0 Å². The molecule has 1 heterocycles. The standard InChI is InChI=1S/C18H30N2O/c1-5-12-20-16(18(2,3)4)11-10-14(17(20)21)13-19-15-8-6-7-9-15/h10-11,15,19H,5-9,12-13H2,1-4H3. The molecule has 0 aromatic carbocycles. The second-order valence-electron chi connectivity index (χ2n) is 7.31. The Morgan fingerprint density at radius 2 is 1.90 bits per heavy atom. The first-order valence-electron chi connectivity index (χ1n) is 8.40. The van der Waals surface area contributed by atoms with Crippen molar-refractivity contribution in [3.63, 3.8) is 0 Å². The summed E-state index contributed by atoms with van der Waals surface area (Å²) >= 11 is 0. The summed E-state index contributed by atoms with van der Waals surface area (Å²) in [5.74, 6) is 0. The minimum Gasteiger partial charge on any atom is -0.312 e. The van der Waals surface area contributed by atoms with E-state index in [1.54, 1.807) is 0 Å².